The number of anilines is 1. The zero-order chi connectivity index (χ0) is 11.3. The van der Waals surface area contributed by atoms with Crippen LogP contribution in [0.5, 0.6) is 0 Å². The van der Waals surface area contributed by atoms with Crippen LogP contribution in [-0.4, -0.2) is 18.1 Å². The van der Waals surface area contributed by atoms with Crippen molar-refractivity contribution in [3.05, 3.63) is 24.0 Å². The average Bonchev–Trinajstić information content (AvgIpc) is 2.28. The molecule has 0 aliphatic heterocycles. The topological polar surface area (TPSA) is 42.2 Å². The number of rotatable bonds is 5. The van der Waals surface area contributed by atoms with Crippen LogP contribution in [-0.2, 0) is 6.54 Å². The van der Waals surface area contributed by atoms with Gasteiger partial charge in [-0.05, 0) is 25.0 Å². The van der Waals surface area contributed by atoms with Crippen LogP contribution in [0, 0.1) is 0 Å². The first kappa shape index (κ1) is 12.0. The van der Waals surface area contributed by atoms with Gasteiger partial charge in [0.05, 0.1) is 11.9 Å². The molecule has 0 saturated heterocycles. The van der Waals surface area contributed by atoms with Gasteiger partial charge in [-0.15, -0.1) is 0 Å². The molecule has 15 heavy (non-hydrogen) atoms. The van der Waals surface area contributed by atoms with E-state index in [-0.39, 0.29) is 0 Å². The third kappa shape index (κ3) is 2.93. The summed E-state index contributed by atoms with van der Waals surface area (Å²) in [5.41, 5.74) is 8.02. The van der Waals surface area contributed by atoms with E-state index < -0.39 is 0 Å². The van der Waals surface area contributed by atoms with Crippen molar-refractivity contribution in [3.8, 4) is 0 Å². The lowest BCUT2D eigenvalue weighted by molar-refractivity contribution is 0.613. The van der Waals surface area contributed by atoms with E-state index in [9.17, 15) is 0 Å². The van der Waals surface area contributed by atoms with Gasteiger partial charge in [0.2, 0.25) is 0 Å². The summed E-state index contributed by atoms with van der Waals surface area (Å²) in [4.78, 5) is 6.42. The number of aromatic nitrogens is 1. The molecule has 0 radical (unpaired) electrons. The molecule has 1 heterocycles. The normalized spacial score (nSPS) is 12.5. The van der Waals surface area contributed by atoms with Crippen molar-refractivity contribution in [2.24, 2.45) is 5.73 Å². The maximum Gasteiger partial charge on any atom is 0.0598 e. The molecule has 3 heteroatoms. The van der Waals surface area contributed by atoms with Crippen LogP contribution in [0.15, 0.2) is 18.5 Å². The third-order valence-electron chi connectivity index (χ3n) is 2.86. The molecule has 2 N–H and O–H groups in total. The summed E-state index contributed by atoms with van der Waals surface area (Å²) < 4.78 is 0. The molecule has 1 atom stereocenters. The molecule has 0 aliphatic carbocycles. The van der Waals surface area contributed by atoms with Gasteiger partial charge < -0.3 is 10.6 Å². The second-order valence-electron chi connectivity index (χ2n) is 3.96. The first-order valence-corrected chi connectivity index (χ1v) is 5.56. The van der Waals surface area contributed by atoms with Crippen LogP contribution < -0.4 is 10.6 Å². The van der Waals surface area contributed by atoms with Gasteiger partial charge in [-0.25, -0.2) is 0 Å². The van der Waals surface area contributed by atoms with Crippen molar-refractivity contribution in [2.45, 2.75) is 39.3 Å². The molecule has 0 aliphatic rings. The fourth-order valence-electron chi connectivity index (χ4n) is 1.75. The fraction of sp³-hybridized carbons (Fsp3) is 0.583. The zero-order valence-electron chi connectivity index (χ0n) is 9.90. The summed E-state index contributed by atoms with van der Waals surface area (Å²) in [5, 5.41) is 0. The van der Waals surface area contributed by atoms with E-state index in [1.807, 2.05) is 12.3 Å². The molecule has 0 spiro atoms. The monoisotopic (exact) mass is 207 g/mol. The van der Waals surface area contributed by atoms with E-state index in [0.29, 0.717) is 12.6 Å². The van der Waals surface area contributed by atoms with Crippen molar-refractivity contribution in [3.63, 3.8) is 0 Å². The summed E-state index contributed by atoms with van der Waals surface area (Å²) >= 11 is 0. The smallest absolute Gasteiger partial charge is 0.0598 e. The van der Waals surface area contributed by atoms with Gasteiger partial charge >= 0.3 is 0 Å². The van der Waals surface area contributed by atoms with Crippen LogP contribution in [0.3, 0.4) is 0 Å². The summed E-state index contributed by atoms with van der Waals surface area (Å²) in [6, 6.07) is 2.52. The average molecular weight is 207 g/mol. The van der Waals surface area contributed by atoms with E-state index >= 15 is 0 Å². The Morgan fingerprint density at radius 2 is 2.27 bits per heavy atom. The summed E-state index contributed by atoms with van der Waals surface area (Å²) in [6.45, 7) is 5.01. The minimum Gasteiger partial charge on any atom is -0.370 e. The van der Waals surface area contributed by atoms with Crippen LogP contribution in [0.25, 0.3) is 0 Å². The number of pyridine rings is 1. The quantitative estimate of drug-likeness (QED) is 0.804. The highest BCUT2D eigenvalue weighted by Gasteiger charge is 2.11. The van der Waals surface area contributed by atoms with Crippen molar-refractivity contribution in [1.29, 1.82) is 0 Å². The number of hydrogen-bond donors (Lipinski definition) is 1. The standard InChI is InChI=1S/C12H21N3/c1-4-5-10(2)15(3)12-9-14-7-6-11(12)8-13/h6-7,9-10H,4-5,8,13H2,1-3H3. The van der Waals surface area contributed by atoms with Crippen LogP contribution in [0.4, 0.5) is 5.69 Å². The molecule has 0 bridgehead atoms. The molecule has 0 fully saturated rings. The van der Waals surface area contributed by atoms with Crippen molar-refractivity contribution in [1.82, 2.24) is 4.98 Å². The maximum atomic E-state index is 5.71. The number of hydrogen-bond acceptors (Lipinski definition) is 3. The molecule has 3 nitrogen and oxygen atoms in total. The molecule has 84 valence electrons. The Kier molecular flexibility index (Phi) is 4.56. The second kappa shape index (κ2) is 5.71. The van der Waals surface area contributed by atoms with E-state index in [4.69, 9.17) is 5.73 Å². The summed E-state index contributed by atoms with van der Waals surface area (Å²) in [6.07, 6.45) is 6.08. The van der Waals surface area contributed by atoms with Gasteiger partial charge in [0.1, 0.15) is 0 Å². The summed E-state index contributed by atoms with van der Waals surface area (Å²) in [7, 11) is 2.11. The van der Waals surface area contributed by atoms with E-state index in [2.05, 4.69) is 30.8 Å². The van der Waals surface area contributed by atoms with Gasteiger partial charge in [0.25, 0.3) is 0 Å². The maximum absolute atomic E-state index is 5.71. The van der Waals surface area contributed by atoms with Gasteiger partial charge in [0.15, 0.2) is 0 Å². The number of nitrogens with zero attached hydrogens (tertiary/aromatic N) is 2. The molecule has 0 aromatic carbocycles. The minimum absolute atomic E-state index is 0.532. The van der Waals surface area contributed by atoms with Crippen LogP contribution in [0.2, 0.25) is 0 Å². The Morgan fingerprint density at radius 1 is 1.53 bits per heavy atom. The highest BCUT2D eigenvalue weighted by molar-refractivity contribution is 5.51. The Morgan fingerprint density at radius 3 is 2.87 bits per heavy atom. The van der Waals surface area contributed by atoms with Gasteiger partial charge in [-0.1, -0.05) is 13.3 Å². The second-order valence-corrected chi connectivity index (χ2v) is 3.96. The Hall–Kier alpha value is -1.09. The molecular weight excluding hydrogens is 186 g/mol. The Labute approximate surface area is 92.3 Å². The van der Waals surface area contributed by atoms with E-state index in [0.717, 1.165) is 11.3 Å². The number of nitrogens with two attached hydrogens (primary N) is 1. The predicted molar refractivity (Wildman–Crippen MR) is 64.9 cm³/mol. The molecule has 1 unspecified atom stereocenters. The molecule has 1 aromatic rings. The first-order chi connectivity index (χ1) is 7.20. The molecule has 1 aromatic heterocycles. The molecule has 1 rings (SSSR count). The van der Waals surface area contributed by atoms with Crippen LogP contribution in [0.1, 0.15) is 32.3 Å². The summed E-state index contributed by atoms with van der Waals surface area (Å²) in [5.74, 6) is 0. The predicted octanol–water partition coefficient (Wildman–Crippen LogP) is 2.17. The van der Waals surface area contributed by atoms with Gasteiger partial charge in [-0.2, -0.15) is 0 Å². The molecular formula is C12H21N3. The zero-order valence-corrected chi connectivity index (χ0v) is 9.90. The SMILES string of the molecule is CCCC(C)N(C)c1cnccc1CN. The van der Waals surface area contributed by atoms with E-state index in [1.54, 1.807) is 6.20 Å². The van der Waals surface area contributed by atoms with Crippen LogP contribution >= 0.6 is 0 Å². The lowest BCUT2D eigenvalue weighted by Crippen LogP contribution is -2.29. The van der Waals surface area contributed by atoms with Gasteiger partial charge in [0, 0.05) is 25.8 Å². The molecule has 0 saturated carbocycles. The Balaban J connectivity index is 2.84. The highest BCUT2D eigenvalue weighted by atomic mass is 15.1. The third-order valence-corrected chi connectivity index (χ3v) is 2.86. The van der Waals surface area contributed by atoms with Gasteiger partial charge in [-0.3, -0.25) is 4.98 Å². The van der Waals surface area contributed by atoms with Crippen molar-refractivity contribution >= 4 is 5.69 Å². The lowest BCUT2D eigenvalue weighted by Gasteiger charge is -2.28. The van der Waals surface area contributed by atoms with Crippen molar-refractivity contribution < 1.29 is 0 Å². The Bertz CT molecular complexity index is 299. The highest BCUT2D eigenvalue weighted by Crippen LogP contribution is 2.20. The largest absolute Gasteiger partial charge is 0.370 e. The first-order valence-electron chi connectivity index (χ1n) is 5.56. The lowest BCUT2D eigenvalue weighted by atomic mass is 10.1. The fourth-order valence-corrected chi connectivity index (χ4v) is 1.75. The van der Waals surface area contributed by atoms with E-state index in [1.165, 1.54) is 12.8 Å². The molecule has 0 amide bonds. The minimum atomic E-state index is 0.532. The van der Waals surface area contributed by atoms with Crippen molar-refractivity contribution in [2.75, 3.05) is 11.9 Å².